The number of nitrogens with zero attached hydrogens (tertiary/aromatic N) is 3. The summed E-state index contributed by atoms with van der Waals surface area (Å²) < 4.78 is 0.646. The SMILES string of the molecule is Nc1nnc(SCC(=O)N/N=C\c2ccccc2Cl)s1. The lowest BCUT2D eigenvalue weighted by atomic mass is 10.2. The Hall–Kier alpha value is -1.64. The van der Waals surface area contributed by atoms with Crippen LogP contribution in [0.2, 0.25) is 5.02 Å². The number of nitrogens with one attached hydrogen (secondary N) is 1. The van der Waals surface area contributed by atoms with Gasteiger partial charge in [-0.25, -0.2) is 5.43 Å². The van der Waals surface area contributed by atoms with Crippen LogP contribution in [0.3, 0.4) is 0 Å². The summed E-state index contributed by atoms with van der Waals surface area (Å²) in [5.41, 5.74) is 8.59. The van der Waals surface area contributed by atoms with Gasteiger partial charge in [0, 0.05) is 10.6 Å². The molecule has 20 heavy (non-hydrogen) atoms. The normalized spacial score (nSPS) is 10.8. The molecule has 0 radical (unpaired) electrons. The summed E-state index contributed by atoms with van der Waals surface area (Å²) >= 11 is 8.44. The van der Waals surface area contributed by atoms with E-state index < -0.39 is 0 Å². The lowest BCUT2D eigenvalue weighted by Crippen LogP contribution is -2.19. The van der Waals surface area contributed by atoms with Gasteiger partial charge in [0.1, 0.15) is 0 Å². The Labute approximate surface area is 128 Å². The minimum Gasteiger partial charge on any atom is -0.374 e. The van der Waals surface area contributed by atoms with E-state index in [1.165, 1.54) is 29.3 Å². The monoisotopic (exact) mass is 327 g/mol. The molecule has 0 saturated carbocycles. The molecule has 2 rings (SSSR count). The highest BCUT2D eigenvalue weighted by Gasteiger charge is 2.05. The van der Waals surface area contributed by atoms with E-state index in [2.05, 4.69) is 20.7 Å². The first-order valence-corrected chi connectivity index (χ1v) is 7.61. The molecule has 0 unspecified atom stereocenters. The minimum absolute atomic E-state index is 0.189. The Balaban J connectivity index is 1.79. The fraction of sp³-hybridized carbons (Fsp3) is 0.0909. The third-order valence-corrected chi connectivity index (χ3v) is 4.28. The average Bonchev–Trinajstić information content (AvgIpc) is 2.84. The summed E-state index contributed by atoms with van der Waals surface area (Å²) in [6.45, 7) is 0. The number of rotatable bonds is 5. The molecule has 1 aromatic heterocycles. The Kier molecular flexibility index (Phi) is 5.33. The third-order valence-electron chi connectivity index (χ3n) is 2.05. The standard InChI is InChI=1S/C11H10ClN5OS2/c12-8-4-2-1-3-7(8)5-14-15-9(18)6-19-11-17-16-10(13)20-11/h1-5H,6H2,(H2,13,16)(H,15,18)/b14-5-. The lowest BCUT2D eigenvalue weighted by molar-refractivity contribution is -0.118. The Morgan fingerprint density at radius 3 is 3.00 bits per heavy atom. The smallest absolute Gasteiger partial charge is 0.250 e. The number of anilines is 1. The molecule has 6 nitrogen and oxygen atoms in total. The number of carbonyl (C=O) groups is 1. The van der Waals surface area contributed by atoms with Gasteiger partial charge in [-0.15, -0.1) is 10.2 Å². The zero-order valence-corrected chi connectivity index (χ0v) is 12.5. The topological polar surface area (TPSA) is 93.3 Å². The fourth-order valence-electron chi connectivity index (χ4n) is 1.19. The molecule has 1 amide bonds. The Bertz CT molecular complexity index is 631. The molecule has 1 aromatic carbocycles. The predicted molar refractivity (Wildman–Crippen MR) is 82.2 cm³/mol. The van der Waals surface area contributed by atoms with Gasteiger partial charge in [0.2, 0.25) is 5.13 Å². The number of nitrogen functional groups attached to an aromatic ring is 1. The van der Waals surface area contributed by atoms with Gasteiger partial charge in [-0.2, -0.15) is 5.10 Å². The zero-order chi connectivity index (χ0) is 14.4. The summed E-state index contributed by atoms with van der Waals surface area (Å²) in [7, 11) is 0. The molecule has 3 N–H and O–H groups in total. The lowest BCUT2D eigenvalue weighted by Gasteiger charge is -1.98. The first kappa shape index (κ1) is 14.8. The first-order chi connectivity index (χ1) is 9.65. The van der Waals surface area contributed by atoms with E-state index in [-0.39, 0.29) is 11.7 Å². The first-order valence-electron chi connectivity index (χ1n) is 5.43. The van der Waals surface area contributed by atoms with Crippen molar-refractivity contribution in [3.8, 4) is 0 Å². The van der Waals surface area contributed by atoms with E-state index in [0.717, 1.165) is 5.56 Å². The molecule has 0 aliphatic carbocycles. The number of aromatic nitrogens is 2. The number of hydrogen-bond acceptors (Lipinski definition) is 7. The number of carbonyl (C=O) groups excluding carboxylic acids is 1. The highest BCUT2D eigenvalue weighted by molar-refractivity contribution is 8.01. The molecule has 0 bridgehead atoms. The summed E-state index contributed by atoms with van der Waals surface area (Å²) in [5.74, 6) is -0.0545. The van der Waals surface area contributed by atoms with Crippen molar-refractivity contribution in [2.75, 3.05) is 11.5 Å². The van der Waals surface area contributed by atoms with E-state index in [1.54, 1.807) is 12.1 Å². The molecule has 0 atom stereocenters. The van der Waals surface area contributed by atoms with Crippen molar-refractivity contribution in [3.63, 3.8) is 0 Å². The van der Waals surface area contributed by atoms with Crippen molar-refractivity contribution in [1.29, 1.82) is 0 Å². The number of hydrazone groups is 1. The van der Waals surface area contributed by atoms with Gasteiger partial charge in [-0.1, -0.05) is 52.9 Å². The van der Waals surface area contributed by atoms with Crippen LogP contribution in [0, 0.1) is 0 Å². The van der Waals surface area contributed by atoms with Crippen LogP contribution in [-0.2, 0) is 4.79 Å². The van der Waals surface area contributed by atoms with Gasteiger partial charge in [-0.05, 0) is 6.07 Å². The Morgan fingerprint density at radius 1 is 1.50 bits per heavy atom. The van der Waals surface area contributed by atoms with Crippen LogP contribution in [0.1, 0.15) is 5.56 Å². The van der Waals surface area contributed by atoms with Crippen molar-refractivity contribution in [3.05, 3.63) is 34.9 Å². The highest BCUT2D eigenvalue weighted by atomic mass is 35.5. The maximum absolute atomic E-state index is 11.5. The molecular formula is C11H10ClN5OS2. The molecule has 1 heterocycles. The van der Waals surface area contributed by atoms with Gasteiger partial charge >= 0.3 is 0 Å². The van der Waals surface area contributed by atoms with Gasteiger partial charge in [0.15, 0.2) is 4.34 Å². The number of benzene rings is 1. The summed E-state index contributed by atoms with van der Waals surface area (Å²) in [6.07, 6.45) is 1.49. The zero-order valence-electron chi connectivity index (χ0n) is 10.1. The molecule has 104 valence electrons. The van der Waals surface area contributed by atoms with E-state index in [0.29, 0.717) is 14.5 Å². The van der Waals surface area contributed by atoms with E-state index >= 15 is 0 Å². The molecule has 9 heteroatoms. The third kappa shape index (κ3) is 4.48. The number of hydrogen-bond donors (Lipinski definition) is 2. The van der Waals surface area contributed by atoms with Crippen LogP contribution in [0.25, 0.3) is 0 Å². The second kappa shape index (κ2) is 7.22. The van der Waals surface area contributed by atoms with Gasteiger partial charge < -0.3 is 5.73 Å². The summed E-state index contributed by atoms with van der Waals surface area (Å²) in [6, 6.07) is 7.21. The number of halogens is 1. The van der Waals surface area contributed by atoms with Crippen LogP contribution >= 0.6 is 34.7 Å². The van der Waals surface area contributed by atoms with Gasteiger partial charge in [0.25, 0.3) is 5.91 Å². The fourth-order valence-corrected chi connectivity index (χ4v) is 2.80. The summed E-state index contributed by atoms with van der Waals surface area (Å²) in [4.78, 5) is 11.5. The van der Waals surface area contributed by atoms with Crippen LogP contribution in [-0.4, -0.2) is 28.1 Å². The van der Waals surface area contributed by atoms with Crippen LogP contribution in [0.5, 0.6) is 0 Å². The van der Waals surface area contributed by atoms with Gasteiger partial charge in [-0.3, -0.25) is 4.79 Å². The van der Waals surface area contributed by atoms with Crippen LogP contribution < -0.4 is 11.2 Å². The summed E-state index contributed by atoms with van der Waals surface area (Å²) in [5, 5.41) is 12.2. The largest absolute Gasteiger partial charge is 0.374 e. The van der Waals surface area contributed by atoms with Crippen molar-refractivity contribution in [2.45, 2.75) is 4.34 Å². The molecule has 0 fully saturated rings. The quantitative estimate of drug-likeness (QED) is 0.498. The van der Waals surface area contributed by atoms with Crippen molar-refractivity contribution in [1.82, 2.24) is 15.6 Å². The van der Waals surface area contributed by atoms with Crippen molar-refractivity contribution >= 4 is 52.0 Å². The second-order valence-corrected chi connectivity index (χ2v) is 6.15. The highest BCUT2D eigenvalue weighted by Crippen LogP contribution is 2.22. The Morgan fingerprint density at radius 2 is 2.30 bits per heavy atom. The number of amides is 1. The maximum atomic E-state index is 11.5. The average molecular weight is 328 g/mol. The van der Waals surface area contributed by atoms with Crippen molar-refractivity contribution in [2.24, 2.45) is 5.10 Å². The predicted octanol–water partition coefficient (Wildman–Crippen LogP) is 2.02. The molecule has 0 aliphatic rings. The van der Waals surface area contributed by atoms with E-state index in [4.69, 9.17) is 17.3 Å². The molecule has 0 saturated heterocycles. The molecule has 0 aliphatic heterocycles. The van der Waals surface area contributed by atoms with E-state index in [1.807, 2.05) is 12.1 Å². The number of thioether (sulfide) groups is 1. The maximum Gasteiger partial charge on any atom is 0.250 e. The number of nitrogens with two attached hydrogens (primary N) is 1. The molecule has 0 spiro atoms. The molecule has 2 aromatic rings. The van der Waals surface area contributed by atoms with Gasteiger partial charge in [0.05, 0.1) is 12.0 Å². The van der Waals surface area contributed by atoms with Crippen LogP contribution in [0.15, 0.2) is 33.7 Å². The molecular weight excluding hydrogens is 318 g/mol. The van der Waals surface area contributed by atoms with E-state index in [9.17, 15) is 4.79 Å². The van der Waals surface area contributed by atoms with Crippen LogP contribution in [0.4, 0.5) is 5.13 Å². The van der Waals surface area contributed by atoms with Crippen molar-refractivity contribution < 1.29 is 4.79 Å². The second-order valence-electron chi connectivity index (χ2n) is 3.51. The minimum atomic E-state index is -0.243.